The first-order chi connectivity index (χ1) is 8.56. The van der Waals surface area contributed by atoms with Crippen LogP contribution in [0, 0.1) is 5.92 Å². The first-order valence-corrected chi connectivity index (χ1v) is 6.55. The lowest BCUT2D eigenvalue weighted by molar-refractivity contribution is 0.165. The molecular weight excluding hydrogens is 228 g/mol. The highest BCUT2D eigenvalue weighted by atomic mass is 16.3. The van der Waals surface area contributed by atoms with E-state index in [-0.39, 0.29) is 17.5 Å². The molecule has 4 heteroatoms. The highest BCUT2D eigenvalue weighted by Crippen LogP contribution is 2.26. The third kappa shape index (κ3) is 3.15. The van der Waals surface area contributed by atoms with Crippen molar-refractivity contribution in [3.63, 3.8) is 0 Å². The topological polar surface area (TPSA) is 69.7 Å². The fraction of sp³-hybridized carbons (Fsp3) is 0.571. The van der Waals surface area contributed by atoms with E-state index in [1.54, 1.807) is 12.1 Å². The van der Waals surface area contributed by atoms with Gasteiger partial charge in [0.05, 0.1) is 0 Å². The Bertz CT molecular complexity index is 399. The van der Waals surface area contributed by atoms with E-state index in [0.717, 1.165) is 38.0 Å². The SMILES string of the molecule is CC(N)C1CCN(Cc2ccc(O)c(O)c2)CC1. The van der Waals surface area contributed by atoms with Gasteiger partial charge in [0, 0.05) is 12.6 Å². The van der Waals surface area contributed by atoms with Crippen molar-refractivity contribution in [2.45, 2.75) is 32.4 Å². The second-order valence-electron chi connectivity index (χ2n) is 5.30. The van der Waals surface area contributed by atoms with Crippen LogP contribution >= 0.6 is 0 Å². The Labute approximate surface area is 108 Å². The molecule has 0 spiro atoms. The number of nitrogens with two attached hydrogens (primary N) is 1. The molecule has 1 aliphatic heterocycles. The van der Waals surface area contributed by atoms with Gasteiger partial charge < -0.3 is 15.9 Å². The largest absolute Gasteiger partial charge is 0.504 e. The van der Waals surface area contributed by atoms with Crippen LogP contribution in [0.1, 0.15) is 25.3 Å². The van der Waals surface area contributed by atoms with Gasteiger partial charge >= 0.3 is 0 Å². The van der Waals surface area contributed by atoms with E-state index in [0.29, 0.717) is 5.92 Å². The maximum atomic E-state index is 9.46. The minimum atomic E-state index is -0.0607. The molecule has 1 atom stereocenters. The first-order valence-electron chi connectivity index (χ1n) is 6.55. The van der Waals surface area contributed by atoms with Gasteiger partial charge in [0.2, 0.25) is 0 Å². The molecule has 1 aliphatic rings. The zero-order chi connectivity index (χ0) is 13.1. The molecule has 18 heavy (non-hydrogen) atoms. The van der Waals surface area contributed by atoms with E-state index in [4.69, 9.17) is 5.73 Å². The van der Waals surface area contributed by atoms with Crippen molar-refractivity contribution < 1.29 is 10.2 Å². The van der Waals surface area contributed by atoms with Gasteiger partial charge in [0.1, 0.15) is 0 Å². The molecule has 0 aliphatic carbocycles. The van der Waals surface area contributed by atoms with E-state index in [1.807, 2.05) is 6.07 Å². The van der Waals surface area contributed by atoms with Gasteiger partial charge in [-0.25, -0.2) is 0 Å². The summed E-state index contributed by atoms with van der Waals surface area (Å²) in [6, 6.07) is 5.31. The standard InChI is InChI=1S/C14H22N2O2/c1-10(15)12-4-6-16(7-5-12)9-11-2-3-13(17)14(18)8-11/h2-3,8,10,12,17-18H,4-7,9,15H2,1H3. The molecule has 1 aromatic rings. The van der Waals surface area contributed by atoms with Gasteiger partial charge in [0.15, 0.2) is 11.5 Å². The highest BCUT2D eigenvalue weighted by Gasteiger charge is 2.21. The van der Waals surface area contributed by atoms with E-state index >= 15 is 0 Å². The molecule has 1 unspecified atom stereocenters. The number of benzene rings is 1. The predicted octanol–water partition coefficient (Wildman–Crippen LogP) is 1.66. The van der Waals surface area contributed by atoms with Crippen LogP contribution < -0.4 is 5.73 Å². The second-order valence-corrected chi connectivity index (χ2v) is 5.30. The Morgan fingerprint density at radius 2 is 1.94 bits per heavy atom. The van der Waals surface area contributed by atoms with Crippen molar-refractivity contribution >= 4 is 0 Å². The number of piperidine rings is 1. The zero-order valence-electron chi connectivity index (χ0n) is 10.8. The molecule has 0 aromatic heterocycles. The van der Waals surface area contributed by atoms with Crippen LogP contribution in [-0.2, 0) is 6.54 Å². The fourth-order valence-electron chi connectivity index (χ4n) is 2.56. The molecule has 1 heterocycles. The number of likely N-dealkylation sites (tertiary alicyclic amines) is 1. The third-order valence-electron chi connectivity index (χ3n) is 3.82. The molecule has 4 nitrogen and oxygen atoms in total. The lowest BCUT2D eigenvalue weighted by Gasteiger charge is -2.33. The molecule has 0 saturated carbocycles. The third-order valence-corrected chi connectivity index (χ3v) is 3.82. The Morgan fingerprint density at radius 1 is 1.28 bits per heavy atom. The Balaban J connectivity index is 1.89. The van der Waals surface area contributed by atoms with Crippen LogP contribution in [0.25, 0.3) is 0 Å². The van der Waals surface area contributed by atoms with Crippen molar-refractivity contribution in [2.75, 3.05) is 13.1 Å². The minimum absolute atomic E-state index is 0.0435. The molecule has 1 aromatic carbocycles. The summed E-state index contributed by atoms with van der Waals surface area (Å²) < 4.78 is 0. The van der Waals surface area contributed by atoms with Crippen molar-refractivity contribution in [1.82, 2.24) is 4.90 Å². The molecule has 1 fully saturated rings. The zero-order valence-corrected chi connectivity index (χ0v) is 10.8. The van der Waals surface area contributed by atoms with Gasteiger partial charge in [-0.2, -0.15) is 0 Å². The van der Waals surface area contributed by atoms with Crippen LogP contribution in [0.15, 0.2) is 18.2 Å². The average Bonchev–Trinajstić information content (AvgIpc) is 2.34. The molecule has 0 bridgehead atoms. The summed E-state index contributed by atoms with van der Waals surface area (Å²) in [7, 11) is 0. The van der Waals surface area contributed by atoms with Crippen LogP contribution in [0.3, 0.4) is 0 Å². The van der Waals surface area contributed by atoms with Crippen LogP contribution in [-0.4, -0.2) is 34.2 Å². The molecule has 0 radical (unpaired) electrons. The predicted molar refractivity (Wildman–Crippen MR) is 71.4 cm³/mol. The van der Waals surface area contributed by atoms with Crippen LogP contribution in [0.2, 0.25) is 0 Å². The summed E-state index contributed by atoms with van der Waals surface area (Å²) in [6.07, 6.45) is 2.28. The minimum Gasteiger partial charge on any atom is -0.504 e. The Kier molecular flexibility index (Phi) is 4.09. The maximum Gasteiger partial charge on any atom is 0.157 e. The highest BCUT2D eigenvalue weighted by molar-refractivity contribution is 5.40. The molecule has 1 saturated heterocycles. The van der Waals surface area contributed by atoms with Crippen LogP contribution in [0.5, 0.6) is 11.5 Å². The van der Waals surface area contributed by atoms with Gasteiger partial charge in [-0.1, -0.05) is 6.07 Å². The molecular formula is C14H22N2O2. The Morgan fingerprint density at radius 3 is 2.50 bits per heavy atom. The van der Waals surface area contributed by atoms with Crippen LogP contribution in [0.4, 0.5) is 0 Å². The fourth-order valence-corrected chi connectivity index (χ4v) is 2.56. The summed E-state index contributed by atoms with van der Waals surface area (Å²) in [6.45, 7) is 5.00. The van der Waals surface area contributed by atoms with Gasteiger partial charge in [-0.05, 0) is 56.5 Å². The lowest BCUT2D eigenvalue weighted by Crippen LogP contribution is -2.39. The number of hydrogen-bond donors (Lipinski definition) is 3. The van der Waals surface area contributed by atoms with Crippen molar-refractivity contribution in [3.05, 3.63) is 23.8 Å². The maximum absolute atomic E-state index is 9.46. The average molecular weight is 250 g/mol. The van der Waals surface area contributed by atoms with Crippen molar-refractivity contribution in [2.24, 2.45) is 11.7 Å². The van der Waals surface area contributed by atoms with Gasteiger partial charge in [-0.15, -0.1) is 0 Å². The number of phenolic OH excluding ortho intramolecular Hbond substituents is 2. The number of rotatable bonds is 3. The molecule has 100 valence electrons. The summed E-state index contributed by atoms with van der Waals surface area (Å²) in [4.78, 5) is 2.37. The monoisotopic (exact) mass is 250 g/mol. The number of nitrogens with zero attached hydrogens (tertiary/aromatic N) is 1. The summed E-state index contributed by atoms with van der Waals surface area (Å²) in [5.41, 5.74) is 6.95. The van der Waals surface area contributed by atoms with Crippen molar-refractivity contribution in [1.29, 1.82) is 0 Å². The first kappa shape index (κ1) is 13.2. The summed E-state index contributed by atoms with van der Waals surface area (Å²) in [5.74, 6) is 0.529. The number of phenols is 2. The normalized spacial score (nSPS) is 19.9. The summed E-state index contributed by atoms with van der Waals surface area (Å²) >= 11 is 0. The summed E-state index contributed by atoms with van der Waals surface area (Å²) in [5, 5.41) is 18.7. The van der Waals surface area contributed by atoms with Gasteiger partial charge in [0.25, 0.3) is 0 Å². The second kappa shape index (κ2) is 5.59. The quantitative estimate of drug-likeness (QED) is 0.714. The van der Waals surface area contributed by atoms with E-state index < -0.39 is 0 Å². The lowest BCUT2D eigenvalue weighted by atomic mass is 9.91. The Hall–Kier alpha value is -1.26. The molecule has 0 amide bonds. The van der Waals surface area contributed by atoms with E-state index in [9.17, 15) is 10.2 Å². The van der Waals surface area contributed by atoms with E-state index in [2.05, 4.69) is 11.8 Å². The van der Waals surface area contributed by atoms with Crippen molar-refractivity contribution in [3.8, 4) is 11.5 Å². The number of hydrogen-bond acceptors (Lipinski definition) is 4. The smallest absolute Gasteiger partial charge is 0.157 e. The van der Waals surface area contributed by atoms with E-state index in [1.165, 1.54) is 0 Å². The molecule has 4 N–H and O–H groups in total. The van der Waals surface area contributed by atoms with Gasteiger partial charge in [-0.3, -0.25) is 4.90 Å². The number of aromatic hydroxyl groups is 2. The molecule has 2 rings (SSSR count).